The van der Waals surface area contributed by atoms with Gasteiger partial charge in [-0.3, -0.25) is 24.2 Å². The predicted molar refractivity (Wildman–Crippen MR) is 186 cm³/mol. The first-order valence-electron chi connectivity index (χ1n) is 17.1. The van der Waals surface area contributed by atoms with Crippen LogP contribution in [0.15, 0.2) is 42.9 Å². The van der Waals surface area contributed by atoms with E-state index in [1.807, 2.05) is 7.05 Å². The molecule has 52 heavy (non-hydrogen) atoms. The second-order valence-electron chi connectivity index (χ2n) is 13.5. The van der Waals surface area contributed by atoms with E-state index in [0.717, 1.165) is 42.7 Å². The van der Waals surface area contributed by atoms with E-state index in [-0.39, 0.29) is 22.2 Å². The number of nitrogens with one attached hydrogen (secondary N) is 3. The van der Waals surface area contributed by atoms with Crippen LogP contribution in [0.25, 0.3) is 0 Å². The molecule has 3 aromatic rings. The topological polar surface area (TPSA) is 159 Å². The van der Waals surface area contributed by atoms with E-state index in [9.17, 15) is 19.2 Å². The van der Waals surface area contributed by atoms with Gasteiger partial charge in [0.1, 0.15) is 28.5 Å². The number of halogens is 3. The predicted octanol–water partition coefficient (Wildman–Crippen LogP) is 3.80. The largest absolute Gasteiger partial charge is 0.495 e. The molecule has 13 nitrogen and oxygen atoms in total. The zero-order chi connectivity index (χ0) is 37.6. The van der Waals surface area contributed by atoms with Crippen molar-refractivity contribution in [1.29, 1.82) is 0 Å². The molecule has 1 aliphatic heterocycles. The van der Waals surface area contributed by atoms with Gasteiger partial charge in [-0.1, -0.05) is 37.2 Å². The molecule has 17 heteroatoms. The lowest BCUT2D eigenvalue weighted by molar-refractivity contribution is -0.149. The maximum Gasteiger partial charge on any atom is 0.351 e. The fourth-order valence-corrected chi connectivity index (χ4v) is 6.92. The first-order valence-corrected chi connectivity index (χ1v) is 17.9. The number of carbonyl (C=O) groups is 4. The molecule has 0 spiro atoms. The van der Waals surface area contributed by atoms with Crippen LogP contribution in [0.1, 0.15) is 66.2 Å². The van der Waals surface area contributed by atoms with Crippen molar-refractivity contribution in [3.05, 3.63) is 64.7 Å². The Kier molecular flexibility index (Phi) is 12.5. The lowest BCUT2D eigenvalue weighted by atomic mass is 9.79. The minimum atomic E-state index is -4.05. The van der Waals surface area contributed by atoms with Gasteiger partial charge >= 0.3 is 5.92 Å². The van der Waals surface area contributed by atoms with Crippen LogP contribution in [0, 0.1) is 17.7 Å². The second-order valence-corrected chi connectivity index (χ2v) is 14.3. The number of hydrogen-bond acceptors (Lipinski definition) is 10. The summed E-state index contributed by atoms with van der Waals surface area (Å²) in [6, 6.07) is 2.53. The van der Waals surface area contributed by atoms with Gasteiger partial charge in [0.15, 0.2) is 0 Å². The molecule has 0 radical (unpaired) electrons. The fraction of sp³-hybridized carbons (Fsp3) is 0.514. The zero-order valence-corrected chi connectivity index (χ0v) is 30.2. The summed E-state index contributed by atoms with van der Waals surface area (Å²) in [7, 11) is 3.23. The summed E-state index contributed by atoms with van der Waals surface area (Å²) >= 11 is 0.875. The lowest BCUT2D eigenvalue weighted by Gasteiger charge is -2.36. The average Bonchev–Trinajstić information content (AvgIpc) is 3.69. The van der Waals surface area contributed by atoms with Gasteiger partial charge in [-0.2, -0.15) is 8.78 Å². The van der Waals surface area contributed by atoms with Gasteiger partial charge in [-0.15, -0.1) is 5.10 Å². The van der Waals surface area contributed by atoms with Crippen molar-refractivity contribution < 1.29 is 37.1 Å². The first-order chi connectivity index (χ1) is 24.8. The zero-order valence-electron chi connectivity index (χ0n) is 29.4. The number of amides is 4. The minimum absolute atomic E-state index is 0.0308. The standard InChI is InChI=1S/C35H43F3N8O5S/c1-20-5-7-22(8-6-20)30(43-34(50)35(37,38)24-16-25(51-4)18-39-17-24)32(48)41-27-10-9-23(15-26(27)36)21(2)29(42-31(47)28-19-40-44-52-28)33(49)46-13-11-45(3)12-14-46/h9-10,15-22,29-30H,5-8,11-14H2,1-4H3,(H,41,48)(H,42,47)(H,43,50)/t20?,21-,22?,29+,30?/m0/s1. The maximum absolute atomic E-state index is 15.8. The van der Waals surface area contributed by atoms with Crippen molar-refractivity contribution in [1.82, 2.24) is 35.0 Å². The van der Waals surface area contributed by atoms with Crippen molar-refractivity contribution in [3.8, 4) is 5.75 Å². The van der Waals surface area contributed by atoms with Crippen LogP contribution in [0.2, 0.25) is 0 Å². The smallest absolute Gasteiger partial charge is 0.351 e. The van der Waals surface area contributed by atoms with Gasteiger partial charge in [0.05, 0.1) is 30.8 Å². The van der Waals surface area contributed by atoms with Crippen LogP contribution in [0.4, 0.5) is 18.9 Å². The molecule has 1 aliphatic carbocycles. The normalized spacial score (nSPS) is 19.9. The quantitative estimate of drug-likeness (QED) is 0.251. The summed E-state index contributed by atoms with van der Waals surface area (Å²) in [5, 5.41) is 11.2. The third kappa shape index (κ3) is 9.04. The Labute approximate surface area is 303 Å². The van der Waals surface area contributed by atoms with Crippen molar-refractivity contribution in [3.63, 3.8) is 0 Å². The maximum atomic E-state index is 15.8. The monoisotopic (exact) mass is 744 g/mol. The molecule has 280 valence electrons. The van der Waals surface area contributed by atoms with Crippen LogP contribution < -0.4 is 20.7 Å². The number of carbonyl (C=O) groups excluding carboxylic acids is 4. The molecule has 1 unspecified atom stereocenters. The third-order valence-electron chi connectivity index (χ3n) is 9.93. The molecule has 2 aromatic heterocycles. The Bertz CT molecular complexity index is 1730. The number of methoxy groups -OCH3 is 1. The van der Waals surface area contributed by atoms with Crippen molar-refractivity contribution in [2.45, 2.75) is 63.5 Å². The van der Waals surface area contributed by atoms with Gasteiger partial charge in [-0.05, 0) is 67.0 Å². The van der Waals surface area contributed by atoms with E-state index >= 15 is 13.2 Å². The number of nitrogens with zero attached hydrogens (tertiary/aromatic N) is 5. The summed E-state index contributed by atoms with van der Waals surface area (Å²) in [4.78, 5) is 61.2. The van der Waals surface area contributed by atoms with Gasteiger partial charge in [-0.25, -0.2) is 4.39 Å². The molecular formula is C35H43F3N8O5S. The molecule has 1 saturated carbocycles. The van der Waals surface area contributed by atoms with Gasteiger partial charge in [0.25, 0.3) is 11.8 Å². The molecule has 5 rings (SSSR count). The van der Waals surface area contributed by atoms with Crippen LogP contribution in [0.3, 0.4) is 0 Å². The Hall–Kier alpha value is -4.64. The Morgan fingerprint density at radius 1 is 1.00 bits per heavy atom. The highest BCUT2D eigenvalue weighted by atomic mass is 32.1. The highest BCUT2D eigenvalue weighted by molar-refractivity contribution is 7.07. The Balaban J connectivity index is 1.35. The van der Waals surface area contributed by atoms with Crippen molar-refractivity contribution in [2.24, 2.45) is 11.8 Å². The van der Waals surface area contributed by atoms with Gasteiger partial charge < -0.3 is 30.5 Å². The number of anilines is 1. The van der Waals surface area contributed by atoms with Gasteiger partial charge in [0.2, 0.25) is 11.8 Å². The fourth-order valence-electron chi connectivity index (χ4n) is 6.50. The summed E-state index contributed by atoms with van der Waals surface area (Å²) in [5.41, 5.74) is -0.584. The van der Waals surface area contributed by atoms with E-state index < -0.39 is 58.9 Å². The molecule has 3 heterocycles. The van der Waals surface area contributed by atoms with E-state index in [1.165, 1.54) is 31.6 Å². The van der Waals surface area contributed by atoms with E-state index in [4.69, 9.17) is 4.74 Å². The number of ether oxygens (including phenoxy) is 1. The SMILES string of the molecule is COc1cncc(C(F)(F)C(=O)NC(C(=O)Nc2ccc([C@H](C)[C@@H](NC(=O)c3cnns3)C(=O)N3CCN(C)CC3)cc2F)C2CCC(C)CC2)c1. The molecule has 3 atom stereocenters. The highest BCUT2D eigenvalue weighted by Gasteiger charge is 2.45. The van der Waals surface area contributed by atoms with E-state index in [0.29, 0.717) is 50.5 Å². The Morgan fingerprint density at radius 3 is 2.35 bits per heavy atom. The third-order valence-corrected chi connectivity index (χ3v) is 10.6. The van der Waals surface area contributed by atoms with E-state index in [1.54, 1.807) is 11.8 Å². The summed E-state index contributed by atoms with van der Waals surface area (Å²) < 4.78 is 55.2. The Morgan fingerprint density at radius 2 is 1.71 bits per heavy atom. The number of likely N-dealkylation sites (N-methyl/N-ethyl adjacent to an activating group) is 1. The number of benzene rings is 1. The highest BCUT2D eigenvalue weighted by Crippen LogP contribution is 2.34. The van der Waals surface area contributed by atoms with Gasteiger partial charge in [0, 0.05) is 38.3 Å². The first kappa shape index (κ1) is 38.6. The number of aromatic nitrogens is 3. The molecule has 1 saturated heterocycles. The van der Waals surface area contributed by atoms with E-state index in [2.05, 4.69) is 42.3 Å². The van der Waals surface area contributed by atoms with Crippen LogP contribution in [-0.2, 0) is 20.3 Å². The van der Waals surface area contributed by atoms with Crippen LogP contribution in [-0.4, -0.2) is 100 Å². The lowest BCUT2D eigenvalue weighted by Crippen LogP contribution is -2.55. The summed E-state index contributed by atoms with van der Waals surface area (Å²) in [6.07, 6.45) is 5.81. The van der Waals surface area contributed by atoms with Crippen LogP contribution >= 0.6 is 11.5 Å². The summed E-state index contributed by atoms with van der Waals surface area (Å²) in [5.74, 6) is -9.10. The van der Waals surface area contributed by atoms with Crippen molar-refractivity contribution in [2.75, 3.05) is 45.7 Å². The number of rotatable bonds is 12. The number of pyridine rings is 1. The summed E-state index contributed by atoms with van der Waals surface area (Å²) in [6.45, 7) is 5.95. The second kappa shape index (κ2) is 16.8. The minimum Gasteiger partial charge on any atom is -0.495 e. The molecule has 2 aliphatic rings. The molecule has 1 aromatic carbocycles. The number of hydrogen-bond donors (Lipinski definition) is 3. The molecule has 3 N–H and O–H groups in total. The van der Waals surface area contributed by atoms with Crippen molar-refractivity contribution >= 4 is 40.8 Å². The molecule has 0 bridgehead atoms. The van der Waals surface area contributed by atoms with Crippen LogP contribution in [0.5, 0.6) is 5.75 Å². The molecule has 2 fully saturated rings. The number of alkyl halides is 2. The number of piperazine rings is 1. The average molecular weight is 745 g/mol. The molecular weight excluding hydrogens is 701 g/mol. The molecule has 4 amide bonds.